The third-order valence-corrected chi connectivity index (χ3v) is 1.99. The molecule has 2 N–H and O–H groups in total. The van der Waals surface area contributed by atoms with Crippen molar-refractivity contribution in [2.24, 2.45) is 0 Å². The maximum Gasteiger partial charge on any atom is 0.360 e. The highest BCUT2D eigenvalue weighted by atomic mass is 16.5. The van der Waals surface area contributed by atoms with Crippen LogP contribution < -0.4 is 5.32 Å². The predicted octanol–water partition coefficient (Wildman–Crippen LogP) is 0.363. The molecule has 0 aliphatic heterocycles. The van der Waals surface area contributed by atoms with Crippen molar-refractivity contribution in [3.63, 3.8) is 0 Å². The molecule has 1 heterocycles. The van der Waals surface area contributed by atoms with E-state index in [1.54, 1.807) is 6.92 Å². The van der Waals surface area contributed by atoms with Crippen LogP contribution in [0.5, 0.6) is 0 Å². The highest BCUT2D eigenvalue weighted by Gasteiger charge is 2.18. The topological polar surface area (TPSA) is 111 Å². The van der Waals surface area contributed by atoms with Gasteiger partial charge in [0.15, 0.2) is 11.8 Å². The molecule has 0 fully saturated rings. The Bertz CT molecular complexity index is 416. The Morgan fingerprint density at radius 1 is 1.61 bits per heavy atom. The van der Waals surface area contributed by atoms with E-state index < -0.39 is 18.0 Å². The molecule has 0 spiro atoms. The fraction of sp³-hybridized carbons (Fsp3) is 0.500. The minimum atomic E-state index is -1.11. The molecule has 1 aromatic heterocycles. The quantitative estimate of drug-likeness (QED) is 0.674. The molecule has 0 aromatic carbocycles. The highest BCUT2D eigenvalue weighted by molar-refractivity contribution is 5.87. The van der Waals surface area contributed by atoms with E-state index in [4.69, 9.17) is 19.0 Å². The summed E-state index contributed by atoms with van der Waals surface area (Å²) in [6.07, 6.45) is 0.103. The molecule has 18 heavy (non-hydrogen) atoms. The van der Waals surface area contributed by atoms with Crippen molar-refractivity contribution in [3.8, 4) is 0 Å². The molecule has 0 amide bonds. The number of anilines is 1. The molecule has 100 valence electrons. The lowest BCUT2D eigenvalue weighted by Crippen LogP contribution is -2.30. The van der Waals surface area contributed by atoms with Gasteiger partial charge in [0.1, 0.15) is 6.26 Å². The molecule has 8 heteroatoms. The molecule has 1 rings (SSSR count). The van der Waals surface area contributed by atoms with E-state index >= 15 is 0 Å². The van der Waals surface area contributed by atoms with Crippen LogP contribution in [0.15, 0.2) is 10.7 Å². The number of esters is 1. The molecule has 0 aliphatic carbocycles. The van der Waals surface area contributed by atoms with Gasteiger partial charge in [-0.3, -0.25) is 0 Å². The number of carboxylic acids is 1. The van der Waals surface area contributed by atoms with Gasteiger partial charge in [-0.05, 0) is 6.92 Å². The second-order valence-corrected chi connectivity index (χ2v) is 3.20. The van der Waals surface area contributed by atoms with E-state index in [1.807, 2.05) is 0 Å². The van der Waals surface area contributed by atoms with Crippen LogP contribution in [0.2, 0.25) is 0 Å². The zero-order chi connectivity index (χ0) is 13.5. The first-order valence-electron chi connectivity index (χ1n) is 5.20. The minimum Gasteiger partial charge on any atom is -0.479 e. The highest BCUT2D eigenvalue weighted by Crippen LogP contribution is 2.09. The molecule has 0 bridgehead atoms. The van der Waals surface area contributed by atoms with Gasteiger partial charge in [-0.15, -0.1) is 0 Å². The second kappa shape index (κ2) is 6.60. The maximum absolute atomic E-state index is 11.3. The zero-order valence-electron chi connectivity index (χ0n) is 10.0. The number of methoxy groups -OCH3 is 1. The minimum absolute atomic E-state index is 0.0173. The number of aliphatic carboxylic acids is 1. The molecular weight excluding hydrogens is 244 g/mol. The second-order valence-electron chi connectivity index (χ2n) is 3.20. The number of carbonyl (C=O) groups excluding carboxylic acids is 1. The van der Waals surface area contributed by atoms with Crippen LogP contribution >= 0.6 is 0 Å². The summed E-state index contributed by atoms with van der Waals surface area (Å²) in [7, 11) is 1.28. The average Bonchev–Trinajstić information content (AvgIpc) is 2.78. The SMILES string of the molecule is CCOC(=O)c1coc(NCC(OC)C(=O)O)n1. The summed E-state index contributed by atoms with van der Waals surface area (Å²) in [5.41, 5.74) is 0.0173. The summed E-state index contributed by atoms with van der Waals surface area (Å²) in [5, 5.41) is 11.3. The number of ether oxygens (including phenoxy) is 2. The van der Waals surface area contributed by atoms with Gasteiger partial charge in [-0.2, -0.15) is 4.98 Å². The summed E-state index contributed by atoms with van der Waals surface area (Å²) >= 11 is 0. The van der Waals surface area contributed by atoms with Crippen molar-refractivity contribution >= 4 is 18.0 Å². The summed E-state index contributed by atoms with van der Waals surface area (Å²) in [5.74, 6) is -1.71. The van der Waals surface area contributed by atoms with Crippen LogP contribution in [0.4, 0.5) is 6.01 Å². The van der Waals surface area contributed by atoms with Crippen LogP contribution in [-0.4, -0.2) is 48.4 Å². The fourth-order valence-electron chi connectivity index (χ4n) is 1.11. The Kier molecular flexibility index (Phi) is 5.12. The Labute approximate surface area is 103 Å². The third kappa shape index (κ3) is 3.74. The lowest BCUT2D eigenvalue weighted by Gasteiger charge is -2.09. The van der Waals surface area contributed by atoms with Crippen molar-refractivity contribution in [1.82, 2.24) is 4.98 Å². The third-order valence-electron chi connectivity index (χ3n) is 1.99. The normalized spacial score (nSPS) is 11.9. The monoisotopic (exact) mass is 258 g/mol. The van der Waals surface area contributed by atoms with Gasteiger partial charge in [-0.25, -0.2) is 9.59 Å². The fourth-order valence-corrected chi connectivity index (χ4v) is 1.11. The lowest BCUT2D eigenvalue weighted by molar-refractivity contribution is -0.147. The number of nitrogens with zero attached hydrogens (tertiary/aromatic N) is 1. The molecule has 1 atom stereocenters. The standard InChI is InChI=1S/C10H14N2O6/c1-3-17-9(15)6-5-18-10(12-6)11-4-7(16-2)8(13)14/h5,7H,3-4H2,1-2H3,(H,11,12)(H,13,14). The molecule has 1 unspecified atom stereocenters. The van der Waals surface area contributed by atoms with Gasteiger partial charge < -0.3 is 24.3 Å². The van der Waals surface area contributed by atoms with Crippen molar-refractivity contribution in [2.75, 3.05) is 25.6 Å². The number of nitrogens with one attached hydrogen (secondary N) is 1. The molecular formula is C10H14N2O6. The zero-order valence-corrected chi connectivity index (χ0v) is 10.0. The van der Waals surface area contributed by atoms with Crippen molar-refractivity contribution in [2.45, 2.75) is 13.0 Å². The van der Waals surface area contributed by atoms with Crippen LogP contribution in [0.1, 0.15) is 17.4 Å². The Morgan fingerprint density at radius 3 is 2.89 bits per heavy atom. The predicted molar refractivity (Wildman–Crippen MR) is 59.4 cm³/mol. The number of aromatic nitrogens is 1. The van der Waals surface area contributed by atoms with E-state index in [-0.39, 0.29) is 24.9 Å². The van der Waals surface area contributed by atoms with Crippen LogP contribution in [0, 0.1) is 0 Å². The van der Waals surface area contributed by atoms with Crippen LogP contribution in [0.25, 0.3) is 0 Å². The molecule has 0 aliphatic rings. The first kappa shape index (κ1) is 14.0. The van der Waals surface area contributed by atoms with E-state index in [9.17, 15) is 9.59 Å². The van der Waals surface area contributed by atoms with Crippen molar-refractivity contribution < 1.29 is 28.6 Å². The first-order valence-corrected chi connectivity index (χ1v) is 5.20. The van der Waals surface area contributed by atoms with E-state index in [0.717, 1.165) is 6.26 Å². The largest absolute Gasteiger partial charge is 0.479 e. The molecule has 8 nitrogen and oxygen atoms in total. The Hall–Kier alpha value is -2.09. The average molecular weight is 258 g/mol. The Morgan fingerprint density at radius 2 is 2.33 bits per heavy atom. The molecule has 0 saturated carbocycles. The molecule has 0 radical (unpaired) electrons. The number of carboxylic acid groups (broad SMARTS) is 1. The van der Waals surface area contributed by atoms with Gasteiger partial charge in [0.05, 0.1) is 13.2 Å². The lowest BCUT2D eigenvalue weighted by atomic mass is 10.3. The number of hydrogen-bond acceptors (Lipinski definition) is 7. The van der Waals surface area contributed by atoms with Gasteiger partial charge in [-0.1, -0.05) is 0 Å². The van der Waals surface area contributed by atoms with Gasteiger partial charge in [0.2, 0.25) is 0 Å². The summed E-state index contributed by atoms with van der Waals surface area (Å²) in [6.45, 7) is 1.88. The number of oxazole rings is 1. The van der Waals surface area contributed by atoms with Crippen LogP contribution in [0.3, 0.4) is 0 Å². The van der Waals surface area contributed by atoms with E-state index in [2.05, 4.69) is 10.3 Å². The van der Waals surface area contributed by atoms with E-state index in [1.165, 1.54) is 7.11 Å². The summed E-state index contributed by atoms with van der Waals surface area (Å²) < 4.78 is 14.4. The number of rotatable bonds is 7. The van der Waals surface area contributed by atoms with Crippen molar-refractivity contribution in [3.05, 3.63) is 12.0 Å². The Balaban J connectivity index is 2.54. The first-order chi connectivity index (χ1) is 8.58. The van der Waals surface area contributed by atoms with Gasteiger partial charge >= 0.3 is 11.9 Å². The molecule has 0 saturated heterocycles. The maximum atomic E-state index is 11.3. The van der Waals surface area contributed by atoms with E-state index in [0.29, 0.717) is 0 Å². The van der Waals surface area contributed by atoms with Crippen LogP contribution in [-0.2, 0) is 14.3 Å². The summed E-state index contributed by atoms with van der Waals surface area (Å²) in [6, 6.07) is 0.0290. The number of carbonyl (C=O) groups is 2. The van der Waals surface area contributed by atoms with Gasteiger partial charge in [0, 0.05) is 7.11 Å². The molecule has 1 aromatic rings. The van der Waals surface area contributed by atoms with Gasteiger partial charge in [0.25, 0.3) is 6.01 Å². The summed E-state index contributed by atoms with van der Waals surface area (Å²) in [4.78, 5) is 25.7. The smallest absolute Gasteiger partial charge is 0.360 e. The number of hydrogen-bond donors (Lipinski definition) is 2. The van der Waals surface area contributed by atoms with Crippen molar-refractivity contribution in [1.29, 1.82) is 0 Å².